The molecule has 0 spiro atoms. The zero-order valence-corrected chi connectivity index (χ0v) is 11.8. The average molecular weight is 318 g/mol. The van der Waals surface area contributed by atoms with Gasteiger partial charge in [0.05, 0.1) is 5.69 Å². The largest absolute Gasteiger partial charge is 0.477 e. The number of carbonyl (C=O) groups is 1. The number of hydrogen-bond donors (Lipinski definition) is 2. The van der Waals surface area contributed by atoms with E-state index in [1.54, 1.807) is 12.1 Å². The van der Waals surface area contributed by atoms with Crippen LogP contribution >= 0.6 is 11.6 Å². The molecule has 110 valence electrons. The van der Waals surface area contributed by atoms with Crippen molar-refractivity contribution in [2.24, 2.45) is 0 Å². The van der Waals surface area contributed by atoms with Crippen LogP contribution in [0.15, 0.2) is 47.3 Å². The minimum absolute atomic E-state index is 0.0619. The Morgan fingerprint density at radius 1 is 1.18 bits per heavy atom. The first-order chi connectivity index (χ1) is 10.5. The summed E-state index contributed by atoms with van der Waals surface area (Å²) in [5.41, 5.74) is -0.333. The Balaban J connectivity index is 2.44. The number of nitrogens with one attached hydrogen (secondary N) is 1. The Morgan fingerprint density at radius 3 is 2.64 bits per heavy atom. The summed E-state index contributed by atoms with van der Waals surface area (Å²) in [6, 6.07) is 9.94. The van der Waals surface area contributed by atoms with Crippen LogP contribution in [-0.2, 0) is 0 Å². The molecule has 0 amide bonds. The molecule has 0 saturated carbocycles. The van der Waals surface area contributed by atoms with Crippen molar-refractivity contribution >= 4 is 28.5 Å². The van der Waals surface area contributed by atoms with Gasteiger partial charge in [-0.15, -0.1) is 0 Å². The van der Waals surface area contributed by atoms with Gasteiger partial charge in [-0.3, -0.25) is 4.79 Å². The number of rotatable bonds is 2. The van der Waals surface area contributed by atoms with Crippen molar-refractivity contribution in [1.29, 1.82) is 0 Å². The summed E-state index contributed by atoms with van der Waals surface area (Å²) in [5, 5.41) is 9.86. The fourth-order valence-electron chi connectivity index (χ4n) is 2.32. The lowest BCUT2D eigenvalue weighted by Crippen LogP contribution is -2.18. The molecule has 0 bridgehead atoms. The minimum Gasteiger partial charge on any atom is -0.477 e. The minimum atomic E-state index is -1.39. The van der Waals surface area contributed by atoms with E-state index in [2.05, 4.69) is 4.98 Å². The van der Waals surface area contributed by atoms with Crippen molar-refractivity contribution in [2.45, 2.75) is 0 Å². The van der Waals surface area contributed by atoms with Crippen LogP contribution in [-0.4, -0.2) is 16.1 Å². The molecule has 1 aromatic heterocycles. The molecule has 3 aromatic rings. The van der Waals surface area contributed by atoms with Gasteiger partial charge in [-0.1, -0.05) is 23.7 Å². The van der Waals surface area contributed by atoms with E-state index >= 15 is 0 Å². The predicted molar refractivity (Wildman–Crippen MR) is 81.9 cm³/mol. The van der Waals surface area contributed by atoms with Crippen molar-refractivity contribution in [3.05, 3.63) is 69.1 Å². The number of H-pyrrole nitrogens is 1. The van der Waals surface area contributed by atoms with Crippen LogP contribution in [0.2, 0.25) is 5.02 Å². The van der Waals surface area contributed by atoms with E-state index in [0.29, 0.717) is 10.5 Å². The molecule has 6 heteroatoms. The molecule has 0 fully saturated rings. The van der Waals surface area contributed by atoms with Crippen molar-refractivity contribution in [1.82, 2.24) is 4.98 Å². The third kappa shape index (κ3) is 2.35. The molecule has 1 heterocycles. The molecule has 2 aromatic carbocycles. The number of aromatic nitrogens is 1. The number of hydrogen-bond acceptors (Lipinski definition) is 2. The maximum absolute atomic E-state index is 13.4. The first-order valence-corrected chi connectivity index (χ1v) is 6.70. The number of carboxylic acids is 1. The van der Waals surface area contributed by atoms with Crippen LogP contribution in [0.25, 0.3) is 22.2 Å². The van der Waals surface area contributed by atoms with Crippen LogP contribution in [0.4, 0.5) is 4.39 Å². The number of aromatic carboxylic acids is 1. The summed E-state index contributed by atoms with van der Waals surface area (Å²) in [4.78, 5) is 26.8. The molecule has 0 atom stereocenters. The van der Waals surface area contributed by atoms with Crippen LogP contribution in [0, 0.1) is 5.82 Å². The highest BCUT2D eigenvalue weighted by atomic mass is 35.5. The monoisotopic (exact) mass is 317 g/mol. The van der Waals surface area contributed by atoms with E-state index in [-0.39, 0.29) is 16.6 Å². The second-order valence-electron chi connectivity index (χ2n) is 4.71. The van der Waals surface area contributed by atoms with Gasteiger partial charge >= 0.3 is 5.97 Å². The van der Waals surface area contributed by atoms with E-state index in [1.807, 2.05) is 0 Å². The van der Waals surface area contributed by atoms with Gasteiger partial charge in [0.25, 0.3) is 0 Å². The number of halogens is 2. The first kappa shape index (κ1) is 14.3. The van der Waals surface area contributed by atoms with E-state index in [0.717, 1.165) is 0 Å². The van der Waals surface area contributed by atoms with E-state index in [4.69, 9.17) is 11.6 Å². The third-order valence-electron chi connectivity index (χ3n) is 3.29. The molecule has 0 radical (unpaired) electrons. The summed E-state index contributed by atoms with van der Waals surface area (Å²) in [7, 11) is 0. The molecule has 0 saturated heterocycles. The lowest BCUT2D eigenvalue weighted by molar-refractivity contribution is 0.0696. The molecule has 2 N–H and O–H groups in total. The highest BCUT2D eigenvalue weighted by Gasteiger charge is 2.19. The summed E-state index contributed by atoms with van der Waals surface area (Å²) in [6.45, 7) is 0. The van der Waals surface area contributed by atoms with Gasteiger partial charge in [-0.2, -0.15) is 0 Å². The van der Waals surface area contributed by atoms with Gasteiger partial charge in [-0.05, 0) is 30.3 Å². The molecule has 0 aliphatic carbocycles. The molecule has 22 heavy (non-hydrogen) atoms. The summed E-state index contributed by atoms with van der Waals surface area (Å²) >= 11 is 5.85. The van der Waals surface area contributed by atoms with Crippen LogP contribution in [0.5, 0.6) is 0 Å². The molecule has 0 aliphatic heterocycles. The highest BCUT2D eigenvalue weighted by molar-refractivity contribution is 6.31. The van der Waals surface area contributed by atoms with E-state index in [1.165, 1.54) is 30.3 Å². The Kier molecular flexibility index (Phi) is 3.42. The van der Waals surface area contributed by atoms with Gasteiger partial charge in [-0.25, -0.2) is 9.18 Å². The van der Waals surface area contributed by atoms with Crippen molar-refractivity contribution in [2.75, 3.05) is 0 Å². The number of benzene rings is 2. The maximum Gasteiger partial charge on any atom is 0.341 e. The second kappa shape index (κ2) is 5.27. The Morgan fingerprint density at radius 2 is 1.95 bits per heavy atom. The molecular weight excluding hydrogens is 309 g/mol. The van der Waals surface area contributed by atoms with Gasteiger partial charge in [0, 0.05) is 21.5 Å². The van der Waals surface area contributed by atoms with Crippen LogP contribution in [0.3, 0.4) is 0 Å². The summed E-state index contributed by atoms with van der Waals surface area (Å²) in [6.07, 6.45) is 0. The lowest BCUT2D eigenvalue weighted by Gasteiger charge is -2.09. The van der Waals surface area contributed by atoms with Crippen molar-refractivity contribution < 1.29 is 14.3 Å². The van der Waals surface area contributed by atoms with E-state index in [9.17, 15) is 19.1 Å². The van der Waals surface area contributed by atoms with E-state index < -0.39 is 22.8 Å². The molecule has 4 nitrogen and oxygen atoms in total. The Bertz CT molecular complexity index is 965. The van der Waals surface area contributed by atoms with Gasteiger partial charge in [0.1, 0.15) is 11.4 Å². The first-order valence-electron chi connectivity index (χ1n) is 6.32. The SMILES string of the molecule is O=C(O)c1c(-c2cccc(F)c2)[nH]c2ccc(Cl)cc2c1=O. The number of fused-ring (bicyclic) bond motifs is 1. The fraction of sp³-hybridized carbons (Fsp3) is 0. The molecule has 0 aliphatic rings. The smallest absolute Gasteiger partial charge is 0.341 e. The zero-order chi connectivity index (χ0) is 15.9. The average Bonchev–Trinajstić information content (AvgIpc) is 2.47. The number of carboxylic acid groups (broad SMARTS) is 1. The Labute approximate surface area is 128 Å². The normalized spacial score (nSPS) is 10.8. The standard InChI is InChI=1S/C16H9ClFNO3/c17-9-4-5-12-11(7-9)15(20)13(16(21)22)14(19-12)8-2-1-3-10(18)6-8/h1-7H,(H,19,20)(H,21,22). The van der Waals surface area contributed by atoms with Crippen molar-refractivity contribution in [3.8, 4) is 11.3 Å². The topological polar surface area (TPSA) is 70.2 Å². The van der Waals surface area contributed by atoms with Crippen LogP contribution in [0.1, 0.15) is 10.4 Å². The molecule has 3 rings (SSSR count). The quantitative estimate of drug-likeness (QED) is 0.757. The molecule has 0 unspecified atom stereocenters. The van der Waals surface area contributed by atoms with Crippen molar-refractivity contribution in [3.63, 3.8) is 0 Å². The fourth-order valence-corrected chi connectivity index (χ4v) is 2.50. The number of pyridine rings is 1. The predicted octanol–water partition coefficient (Wildman–Crippen LogP) is 3.69. The maximum atomic E-state index is 13.4. The lowest BCUT2D eigenvalue weighted by atomic mass is 10.0. The molecular formula is C16H9ClFNO3. The number of aromatic amines is 1. The highest BCUT2D eigenvalue weighted by Crippen LogP contribution is 2.24. The van der Waals surface area contributed by atoms with Crippen LogP contribution < -0.4 is 5.43 Å². The second-order valence-corrected chi connectivity index (χ2v) is 5.15. The third-order valence-corrected chi connectivity index (χ3v) is 3.53. The van der Waals surface area contributed by atoms with Gasteiger partial charge in [0.15, 0.2) is 0 Å². The van der Waals surface area contributed by atoms with Gasteiger partial charge in [0.2, 0.25) is 5.43 Å². The summed E-state index contributed by atoms with van der Waals surface area (Å²) in [5.74, 6) is -1.91. The Hall–Kier alpha value is -2.66. The zero-order valence-electron chi connectivity index (χ0n) is 11.1. The van der Waals surface area contributed by atoms with Gasteiger partial charge < -0.3 is 10.1 Å². The summed E-state index contributed by atoms with van der Waals surface area (Å²) < 4.78 is 13.4.